The van der Waals surface area contributed by atoms with Crippen molar-refractivity contribution in [3.63, 3.8) is 0 Å². The molecule has 1 aromatic heterocycles. The second kappa shape index (κ2) is 5.73. The third-order valence-corrected chi connectivity index (χ3v) is 2.52. The Hall–Kier alpha value is -1.37. The molecule has 1 aromatic rings. The lowest BCUT2D eigenvalue weighted by Gasteiger charge is -2.19. The molecule has 0 bridgehead atoms. The molecule has 0 N–H and O–H groups in total. The Morgan fingerprint density at radius 2 is 2.05 bits per heavy atom. The largest absolute Gasteiger partial charge is 0.406 e. The Morgan fingerprint density at radius 1 is 1.47 bits per heavy atom. The summed E-state index contributed by atoms with van der Waals surface area (Å²) in [6.07, 6.45) is -3.25. The van der Waals surface area contributed by atoms with Crippen molar-refractivity contribution < 1.29 is 18.0 Å². The van der Waals surface area contributed by atoms with E-state index in [1.165, 1.54) is 6.20 Å². The number of hydrogen-bond acceptors (Lipinski definition) is 3. The molecule has 0 aliphatic carbocycles. The van der Waals surface area contributed by atoms with E-state index in [4.69, 9.17) is 11.6 Å². The van der Waals surface area contributed by atoms with Gasteiger partial charge in [-0.2, -0.15) is 13.2 Å². The third-order valence-electron chi connectivity index (χ3n) is 2.24. The van der Waals surface area contributed by atoms with E-state index >= 15 is 0 Å². The summed E-state index contributed by atoms with van der Waals surface area (Å²) in [5, 5.41) is -0.0663. The van der Waals surface area contributed by atoms with Gasteiger partial charge in [0, 0.05) is 13.0 Å². The summed E-state index contributed by atoms with van der Waals surface area (Å²) in [7, 11) is 1.04. The van der Waals surface area contributed by atoms with Crippen LogP contribution in [0, 0.1) is 0 Å². The summed E-state index contributed by atoms with van der Waals surface area (Å²) in [6.45, 7) is 2.25. The molecule has 1 heterocycles. The number of rotatable bonds is 3. The maximum atomic E-state index is 12.2. The number of nitrogens with zero attached hydrogens (tertiary/aromatic N) is 3. The lowest BCUT2D eigenvalue weighted by Crippen LogP contribution is -2.36. The minimum Gasteiger partial charge on any atom is -0.331 e. The van der Waals surface area contributed by atoms with Crippen LogP contribution in [0.15, 0.2) is 6.20 Å². The minimum absolute atomic E-state index is 0.0586. The second-order valence-corrected chi connectivity index (χ2v) is 4.76. The van der Waals surface area contributed by atoms with E-state index in [1.807, 2.05) is 0 Å². The Labute approximate surface area is 113 Å². The van der Waals surface area contributed by atoms with Gasteiger partial charge in [-0.05, 0) is 0 Å². The number of halogens is 4. The van der Waals surface area contributed by atoms with Crippen molar-refractivity contribution in [1.29, 1.82) is 0 Å². The molecule has 0 aliphatic rings. The molecule has 0 aromatic carbocycles. The van der Waals surface area contributed by atoms with Crippen LogP contribution in [0.4, 0.5) is 13.2 Å². The highest BCUT2D eigenvalue weighted by Gasteiger charge is 2.32. The maximum absolute atomic E-state index is 12.2. The quantitative estimate of drug-likeness (QED) is 0.861. The van der Waals surface area contributed by atoms with Gasteiger partial charge in [0.15, 0.2) is 5.69 Å². The first-order valence-corrected chi connectivity index (χ1v) is 5.84. The van der Waals surface area contributed by atoms with Gasteiger partial charge in [0.25, 0.3) is 5.91 Å². The van der Waals surface area contributed by atoms with Gasteiger partial charge in [-0.15, -0.1) is 0 Å². The molecule has 1 rings (SSSR count). The van der Waals surface area contributed by atoms with Crippen LogP contribution in [-0.2, 0) is 0 Å². The number of aromatic nitrogens is 2. The topological polar surface area (TPSA) is 46.1 Å². The maximum Gasteiger partial charge on any atom is 0.406 e. The van der Waals surface area contributed by atoms with Crippen LogP contribution in [-0.4, -0.2) is 40.5 Å². The fourth-order valence-electron chi connectivity index (χ4n) is 1.33. The first-order chi connectivity index (χ1) is 8.61. The van der Waals surface area contributed by atoms with Gasteiger partial charge >= 0.3 is 6.18 Å². The van der Waals surface area contributed by atoms with Crippen LogP contribution in [0.1, 0.15) is 36.1 Å². The van der Waals surface area contributed by atoms with Gasteiger partial charge in [0.2, 0.25) is 0 Å². The van der Waals surface area contributed by atoms with E-state index in [0.717, 1.165) is 7.05 Å². The average Bonchev–Trinajstić information content (AvgIpc) is 2.26. The smallest absolute Gasteiger partial charge is 0.331 e. The van der Waals surface area contributed by atoms with Crippen molar-refractivity contribution in [1.82, 2.24) is 14.9 Å². The molecule has 0 saturated heterocycles. The standard InChI is InChI=1S/C11H13ClF3N3O/c1-6(2)9-16-4-7(12)8(17-9)10(19)18(3)5-11(13,14)15/h4,6H,5H2,1-3H3. The van der Waals surface area contributed by atoms with E-state index in [2.05, 4.69) is 9.97 Å². The summed E-state index contributed by atoms with van der Waals surface area (Å²) in [4.78, 5) is 20.2. The summed E-state index contributed by atoms with van der Waals surface area (Å²) in [6, 6.07) is 0. The molecule has 1 amide bonds. The zero-order valence-corrected chi connectivity index (χ0v) is 11.4. The Balaban J connectivity index is 3.02. The van der Waals surface area contributed by atoms with Crippen LogP contribution in [0.2, 0.25) is 5.02 Å². The summed E-state index contributed by atoms with van der Waals surface area (Å²) < 4.78 is 36.7. The highest BCUT2D eigenvalue weighted by molar-refractivity contribution is 6.33. The molecule has 0 saturated carbocycles. The summed E-state index contributed by atoms with van der Waals surface area (Å²) in [5.74, 6) is -0.587. The predicted molar refractivity (Wildman–Crippen MR) is 64.1 cm³/mol. The zero-order chi connectivity index (χ0) is 14.8. The van der Waals surface area contributed by atoms with Gasteiger partial charge in [-0.1, -0.05) is 25.4 Å². The van der Waals surface area contributed by atoms with Gasteiger partial charge in [-0.3, -0.25) is 4.79 Å². The number of amides is 1. The molecule has 0 fully saturated rings. The van der Waals surface area contributed by atoms with Crippen LogP contribution in [0.3, 0.4) is 0 Å². The van der Waals surface area contributed by atoms with Crippen LogP contribution in [0.25, 0.3) is 0 Å². The molecule has 4 nitrogen and oxygen atoms in total. The number of alkyl halides is 3. The van der Waals surface area contributed by atoms with Crippen LogP contribution >= 0.6 is 11.6 Å². The van der Waals surface area contributed by atoms with Crippen LogP contribution in [0.5, 0.6) is 0 Å². The Morgan fingerprint density at radius 3 is 2.53 bits per heavy atom. The monoisotopic (exact) mass is 295 g/mol. The second-order valence-electron chi connectivity index (χ2n) is 4.36. The van der Waals surface area contributed by atoms with Crippen LogP contribution < -0.4 is 0 Å². The van der Waals surface area contributed by atoms with Gasteiger partial charge in [0.05, 0.1) is 11.2 Å². The molecule has 0 radical (unpaired) electrons. The lowest BCUT2D eigenvalue weighted by atomic mass is 10.2. The van der Waals surface area contributed by atoms with E-state index in [0.29, 0.717) is 10.7 Å². The van der Waals surface area contributed by atoms with Crippen molar-refractivity contribution >= 4 is 17.5 Å². The molecule has 0 spiro atoms. The average molecular weight is 296 g/mol. The molecule has 106 valence electrons. The zero-order valence-electron chi connectivity index (χ0n) is 10.6. The van der Waals surface area contributed by atoms with E-state index in [9.17, 15) is 18.0 Å². The highest BCUT2D eigenvalue weighted by Crippen LogP contribution is 2.20. The molecule has 8 heteroatoms. The minimum atomic E-state index is -4.47. The van der Waals surface area contributed by atoms with E-state index in [1.54, 1.807) is 13.8 Å². The fraction of sp³-hybridized carbons (Fsp3) is 0.545. The van der Waals surface area contributed by atoms with Crippen molar-refractivity contribution in [3.8, 4) is 0 Å². The van der Waals surface area contributed by atoms with Crippen molar-refractivity contribution in [2.24, 2.45) is 0 Å². The molecule has 0 unspecified atom stereocenters. The first kappa shape index (κ1) is 15.7. The summed E-state index contributed by atoms with van der Waals surface area (Å²) >= 11 is 5.76. The van der Waals surface area contributed by atoms with Gasteiger partial charge in [0.1, 0.15) is 12.4 Å². The molecule has 0 atom stereocenters. The predicted octanol–water partition coefficient (Wildman–Crippen LogP) is 2.89. The first-order valence-electron chi connectivity index (χ1n) is 5.46. The number of carbonyl (C=O) groups excluding carboxylic acids is 1. The number of hydrogen-bond donors (Lipinski definition) is 0. The van der Waals surface area contributed by atoms with Crippen molar-refractivity contribution in [3.05, 3.63) is 22.7 Å². The van der Waals surface area contributed by atoms with Gasteiger partial charge in [-0.25, -0.2) is 9.97 Å². The Bertz CT molecular complexity index is 477. The number of carbonyl (C=O) groups is 1. The molecule has 0 aliphatic heterocycles. The normalized spacial score (nSPS) is 11.8. The highest BCUT2D eigenvalue weighted by atomic mass is 35.5. The van der Waals surface area contributed by atoms with Crippen molar-refractivity contribution in [2.75, 3.05) is 13.6 Å². The lowest BCUT2D eigenvalue weighted by molar-refractivity contribution is -0.138. The molecular weight excluding hydrogens is 283 g/mol. The third kappa shape index (κ3) is 4.34. The van der Waals surface area contributed by atoms with E-state index < -0.39 is 18.6 Å². The molecular formula is C11H13ClF3N3O. The molecule has 19 heavy (non-hydrogen) atoms. The van der Waals surface area contributed by atoms with E-state index in [-0.39, 0.29) is 16.6 Å². The Kier molecular flexibility index (Phi) is 4.73. The SMILES string of the molecule is CC(C)c1ncc(Cl)c(C(=O)N(C)CC(F)(F)F)n1. The summed E-state index contributed by atoms with van der Waals surface area (Å²) in [5.41, 5.74) is -0.216. The fourth-order valence-corrected chi connectivity index (χ4v) is 1.50. The van der Waals surface area contributed by atoms with Gasteiger partial charge < -0.3 is 4.90 Å². The van der Waals surface area contributed by atoms with Crippen molar-refractivity contribution in [2.45, 2.75) is 25.9 Å².